The lowest BCUT2D eigenvalue weighted by molar-refractivity contribution is -0.168. The third-order valence-corrected chi connectivity index (χ3v) is 4.36. The summed E-state index contributed by atoms with van der Waals surface area (Å²) in [6.07, 6.45) is 2.92. The van der Waals surface area contributed by atoms with Gasteiger partial charge < -0.3 is 9.47 Å². The van der Waals surface area contributed by atoms with E-state index in [1.165, 1.54) is 0 Å². The number of hydrogen-bond donors (Lipinski definition) is 0. The van der Waals surface area contributed by atoms with Gasteiger partial charge in [-0.2, -0.15) is 0 Å². The summed E-state index contributed by atoms with van der Waals surface area (Å²) in [6.45, 7) is 1.92. The summed E-state index contributed by atoms with van der Waals surface area (Å²) >= 11 is 0. The van der Waals surface area contributed by atoms with Crippen LogP contribution in [0.3, 0.4) is 0 Å². The van der Waals surface area contributed by atoms with Gasteiger partial charge in [-0.3, -0.25) is 14.4 Å². The third kappa shape index (κ3) is 1.87. The van der Waals surface area contributed by atoms with Crippen molar-refractivity contribution < 1.29 is 28.7 Å². The fraction of sp³-hybridized carbons (Fsp3) is 0.571. The second-order valence-corrected chi connectivity index (χ2v) is 5.72. The monoisotopic (exact) mass is 278 g/mol. The van der Waals surface area contributed by atoms with Crippen LogP contribution >= 0.6 is 0 Å². The SMILES string of the molecule is CCC1CC2(C=C3C(=O)OC(=O)C31)CC(=O)OC(=O)C2. The molecule has 2 aliphatic heterocycles. The minimum absolute atomic E-state index is 0.0624. The van der Waals surface area contributed by atoms with Crippen LogP contribution in [0.25, 0.3) is 0 Å². The smallest absolute Gasteiger partial charge is 0.342 e. The Morgan fingerprint density at radius 1 is 1.15 bits per heavy atom. The predicted octanol–water partition coefficient (Wildman–Crippen LogP) is 0.892. The maximum Gasteiger partial charge on any atom is 0.342 e. The molecule has 0 aromatic heterocycles. The number of cyclic esters (lactones) is 4. The third-order valence-electron chi connectivity index (χ3n) is 4.36. The molecule has 0 amide bonds. The highest BCUT2D eigenvalue weighted by atomic mass is 16.6. The van der Waals surface area contributed by atoms with Crippen LogP contribution in [0.15, 0.2) is 11.6 Å². The molecule has 6 nitrogen and oxygen atoms in total. The minimum atomic E-state index is -0.706. The summed E-state index contributed by atoms with van der Waals surface area (Å²) in [7, 11) is 0. The van der Waals surface area contributed by atoms with Crippen molar-refractivity contribution in [2.75, 3.05) is 0 Å². The molecule has 106 valence electrons. The Morgan fingerprint density at radius 3 is 2.40 bits per heavy atom. The number of esters is 4. The van der Waals surface area contributed by atoms with Crippen molar-refractivity contribution in [3.63, 3.8) is 0 Å². The van der Waals surface area contributed by atoms with Gasteiger partial charge in [-0.05, 0) is 12.3 Å². The van der Waals surface area contributed by atoms with Crippen molar-refractivity contribution in [1.29, 1.82) is 0 Å². The molecule has 3 rings (SSSR count). The van der Waals surface area contributed by atoms with Gasteiger partial charge in [0.05, 0.1) is 18.8 Å². The fourth-order valence-corrected chi connectivity index (χ4v) is 3.55. The number of fused-ring (bicyclic) bond motifs is 1. The molecule has 0 aromatic carbocycles. The number of allylic oxidation sites excluding steroid dienone is 1. The van der Waals surface area contributed by atoms with Crippen LogP contribution in [0.5, 0.6) is 0 Å². The first-order valence-corrected chi connectivity index (χ1v) is 6.66. The van der Waals surface area contributed by atoms with Crippen molar-refractivity contribution in [3.05, 3.63) is 11.6 Å². The molecule has 3 aliphatic rings. The topological polar surface area (TPSA) is 86.7 Å². The molecule has 0 bridgehead atoms. The van der Waals surface area contributed by atoms with E-state index < -0.39 is 35.2 Å². The average molecular weight is 278 g/mol. The first-order valence-electron chi connectivity index (χ1n) is 6.66. The van der Waals surface area contributed by atoms with E-state index >= 15 is 0 Å². The summed E-state index contributed by atoms with van der Waals surface area (Å²) in [4.78, 5) is 46.6. The molecular formula is C14H14O6. The highest BCUT2D eigenvalue weighted by Gasteiger charge is 2.53. The van der Waals surface area contributed by atoms with Crippen LogP contribution in [-0.2, 0) is 28.7 Å². The number of rotatable bonds is 1. The molecular weight excluding hydrogens is 264 g/mol. The van der Waals surface area contributed by atoms with Crippen molar-refractivity contribution >= 4 is 23.9 Å². The Morgan fingerprint density at radius 2 is 1.80 bits per heavy atom. The van der Waals surface area contributed by atoms with Crippen molar-refractivity contribution in [2.45, 2.75) is 32.6 Å². The van der Waals surface area contributed by atoms with Gasteiger partial charge in [-0.15, -0.1) is 0 Å². The number of carbonyl (C=O) groups excluding carboxylic acids is 4. The van der Waals surface area contributed by atoms with Crippen LogP contribution in [0.2, 0.25) is 0 Å². The molecule has 2 saturated heterocycles. The van der Waals surface area contributed by atoms with Crippen molar-refractivity contribution in [1.82, 2.24) is 0 Å². The maximum absolute atomic E-state index is 11.8. The van der Waals surface area contributed by atoms with Gasteiger partial charge in [-0.1, -0.05) is 19.4 Å². The van der Waals surface area contributed by atoms with E-state index in [1.54, 1.807) is 6.08 Å². The molecule has 2 fully saturated rings. The Bertz CT molecular complexity index is 542. The lowest BCUT2D eigenvalue weighted by Gasteiger charge is -2.40. The van der Waals surface area contributed by atoms with E-state index in [4.69, 9.17) is 0 Å². The molecule has 20 heavy (non-hydrogen) atoms. The summed E-state index contributed by atoms with van der Waals surface area (Å²) in [5, 5.41) is 0. The Kier molecular flexibility index (Phi) is 2.77. The Hall–Kier alpha value is -1.98. The molecule has 0 aromatic rings. The lowest BCUT2D eigenvalue weighted by atomic mass is 9.63. The van der Waals surface area contributed by atoms with Crippen LogP contribution in [-0.4, -0.2) is 23.9 Å². The van der Waals surface area contributed by atoms with Gasteiger partial charge in [0.15, 0.2) is 0 Å². The zero-order chi connectivity index (χ0) is 14.5. The van der Waals surface area contributed by atoms with Gasteiger partial charge in [0, 0.05) is 11.0 Å². The van der Waals surface area contributed by atoms with E-state index in [1.807, 2.05) is 6.92 Å². The average Bonchev–Trinajstić information content (AvgIpc) is 2.62. The van der Waals surface area contributed by atoms with Crippen molar-refractivity contribution in [2.24, 2.45) is 17.3 Å². The molecule has 0 saturated carbocycles. The zero-order valence-electron chi connectivity index (χ0n) is 11.0. The zero-order valence-corrected chi connectivity index (χ0v) is 11.0. The molecule has 1 aliphatic carbocycles. The Balaban J connectivity index is 2.04. The second-order valence-electron chi connectivity index (χ2n) is 5.72. The quantitative estimate of drug-likeness (QED) is 0.523. The van der Waals surface area contributed by atoms with E-state index in [-0.39, 0.29) is 18.8 Å². The first kappa shape index (κ1) is 13.0. The largest absolute Gasteiger partial charge is 0.393 e. The summed E-state index contributed by atoms with van der Waals surface area (Å²) < 4.78 is 9.23. The molecule has 1 spiro atoms. The van der Waals surface area contributed by atoms with E-state index in [0.29, 0.717) is 18.4 Å². The highest BCUT2D eigenvalue weighted by Crippen LogP contribution is 2.50. The van der Waals surface area contributed by atoms with E-state index in [0.717, 1.165) is 0 Å². The lowest BCUT2D eigenvalue weighted by Crippen LogP contribution is -2.41. The number of ether oxygens (including phenoxy) is 2. The summed E-state index contributed by atoms with van der Waals surface area (Å²) in [5.41, 5.74) is -0.404. The van der Waals surface area contributed by atoms with Gasteiger partial charge in [-0.25, -0.2) is 4.79 Å². The van der Waals surface area contributed by atoms with Crippen molar-refractivity contribution in [3.8, 4) is 0 Å². The van der Waals surface area contributed by atoms with E-state index in [9.17, 15) is 19.2 Å². The molecule has 2 atom stereocenters. The van der Waals surface area contributed by atoms with Crippen LogP contribution in [0, 0.1) is 17.3 Å². The fourth-order valence-electron chi connectivity index (χ4n) is 3.55. The summed E-state index contributed by atoms with van der Waals surface area (Å²) in [5.74, 6) is -2.97. The number of carbonyl (C=O) groups is 4. The van der Waals surface area contributed by atoms with Gasteiger partial charge >= 0.3 is 23.9 Å². The van der Waals surface area contributed by atoms with E-state index in [2.05, 4.69) is 9.47 Å². The molecule has 6 heteroatoms. The Labute approximate surface area is 115 Å². The predicted molar refractivity (Wildman–Crippen MR) is 63.8 cm³/mol. The van der Waals surface area contributed by atoms with Gasteiger partial charge in [0.1, 0.15) is 0 Å². The number of hydrogen-bond acceptors (Lipinski definition) is 6. The van der Waals surface area contributed by atoms with Gasteiger partial charge in [0.2, 0.25) is 0 Å². The summed E-state index contributed by atoms with van der Waals surface area (Å²) in [6, 6.07) is 0. The minimum Gasteiger partial charge on any atom is -0.393 e. The maximum atomic E-state index is 11.8. The second kappa shape index (κ2) is 4.26. The molecule has 2 heterocycles. The van der Waals surface area contributed by atoms with Gasteiger partial charge in [0.25, 0.3) is 0 Å². The molecule has 0 N–H and O–H groups in total. The van der Waals surface area contributed by atoms with Crippen LogP contribution in [0.4, 0.5) is 0 Å². The first-order chi connectivity index (χ1) is 9.44. The standard InChI is InChI=1S/C14H14O6/c1-2-7-3-14(5-9(15)19-10(16)6-14)4-8-11(7)13(18)20-12(8)17/h4,7,11H,2-3,5-6H2,1H3. The molecule has 0 radical (unpaired) electrons. The highest BCUT2D eigenvalue weighted by molar-refractivity contribution is 6.08. The molecule has 2 unspecified atom stereocenters. The van der Waals surface area contributed by atoms with Crippen LogP contribution < -0.4 is 0 Å². The van der Waals surface area contributed by atoms with Crippen LogP contribution in [0.1, 0.15) is 32.6 Å². The normalized spacial score (nSPS) is 31.8.